The topological polar surface area (TPSA) is 121 Å². The van der Waals surface area contributed by atoms with Crippen LogP contribution in [0.4, 0.5) is 11.5 Å². The fraction of sp³-hybridized carbons (Fsp3) is 0.516. The third kappa shape index (κ3) is 11.7. The van der Waals surface area contributed by atoms with Crippen molar-refractivity contribution in [2.75, 3.05) is 45.4 Å². The predicted octanol–water partition coefficient (Wildman–Crippen LogP) is 6.03. The average molecular weight is 569 g/mol. The Hall–Kier alpha value is -3.79. The molecule has 3 rings (SSSR count). The first-order valence-electron chi connectivity index (χ1n) is 14.2. The van der Waals surface area contributed by atoms with Crippen LogP contribution in [-0.4, -0.2) is 78.6 Å². The molecule has 10 nitrogen and oxygen atoms in total. The molecule has 0 radical (unpaired) electrons. The highest BCUT2D eigenvalue weighted by molar-refractivity contribution is 6.06. The molecule has 0 aliphatic heterocycles. The first-order chi connectivity index (χ1) is 19.5. The van der Waals surface area contributed by atoms with E-state index in [9.17, 15) is 14.4 Å². The third-order valence-electron chi connectivity index (χ3n) is 6.44. The molecule has 3 aromatic heterocycles. The van der Waals surface area contributed by atoms with Gasteiger partial charge in [-0.15, -0.1) is 0 Å². The second-order valence-corrected chi connectivity index (χ2v) is 10.0. The van der Waals surface area contributed by atoms with Gasteiger partial charge >= 0.3 is 0 Å². The minimum absolute atomic E-state index is 0.00759. The molecule has 0 spiro atoms. The van der Waals surface area contributed by atoms with Gasteiger partial charge in [-0.3, -0.25) is 14.4 Å². The van der Waals surface area contributed by atoms with E-state index in [0.29, 0.717) is 23.8 Å². The lowest BCUT2D eigenvalue weighted by Crippen LogP contribution is -2.28. The number of anilines is 2. The van der Waals surface area contributed by atoms with E-state index in [2.05, 4.69) is 53.3 Å². The Kier molecular flexibility index (Phi) is 15.9. The number of pyridine rings is 2. The van der Waals surface area contributed by atoms with Crippen molar-refractivity contribution in [3.8, 4) is 0 Å². The number of aromatic nitrogens is 2. The van der Waals surface area contributed by atoms with Gasteiger partial charge in [0, 0.05) is 39.8 Å². The molecule has 1 unspecified atom stereocenters. The van der Waals surface area contributed by atoms with Crippen LogP contribution < -0.4 is 10.6 Å². The number of hydrogen-bond acceptors (Lipinski definition) is 8. The van der Waals surface area contributed by atoms with Crippen LogP contribution >= 0.6 is 0 Å². The van der Waals surface area contributed by atoms with E-state index in [1.54, 1.807) is 20.2 Å². The summed E-state index contributed by atoms with van der Waals surface area (Å²) >= 11 is 0. The van der Waals surface area contributed by atoms with Crippen molar-refractivity contribution in [3.05, 3.63) is 47.5 Å². The number of unbranched alkanes of at least 4 members (excludes halogenated alkanes) is 1. The Morgan fingerprint density at radius 3 is 2.29 bits per heavy atom. The molecule has 0 aliphatic rings. The molecule has 0 aliphatic carbocycles. The smallest absolute Gasteiger partial charge is 0.271 e. The van der Waals surface area contributed by atoms with Gasteiger partial charge in [-0.1, -0.05) is 39.7 Å². The van der Waals surface area contributed by atoms with Crippen molar-refractivity contribution >= 4 is 40.7 Å². The summed E-state index contributed by atoms with van der Waals surface area (Å²) in [6, 6.07) is 7.83. The van der Waals surface area contributed by atoms with Crippen molar-refractivity contribution in [1.82, 2.24) is 19.8 Å². The van der Waals surface area contributed by atoms with Gasteiger partial charge in [-0.2, -0.15) is 0 Å². The van der Waals surface area contributed by atoms with Crippen LogP contribution in [0.1, 0.15) is 86.4 Å². The Bertz CT molecular complexity index is 1220. The Balaban J connectivity index is 0.000000382. The molecule has 3 heterocycles. The zero-order valence-corrected chi connectivity index (χ0v) is 26.2. The molecular formula is C31H48N6O4. The van der Waals surface area contributed by atoms with Crippen LogP contribution in [0.15, 0.2) is 34.9 Å². The number of furan rings is 1. The van der Waals surface area contributed by atoms with Crippen LogP contribution in [0.2, 0.25) is 0 Å². The molecule has 10 heteroatoms. The zero-order valence-electron chi connectivity index (χ0n) is 26.2. The quantitative estimate of drug-likeness (QED) is 0.269. The van der Waals surface area contributed by atoms with Gasteiger partial charge in [0.15, 0.2) is 17.6 Å². The fourth-order valence-corrected chi connectivity index (χ4v) is 3.65. The van der Waals surface area contributed by atoms with Crippen LogP contribution in [0.3, 0.4) is 0 Å². The molecule has 0 fully saturated rings. The molecule has 3 aromatic rings. The second kappa shape index (κ2) is 18.5. The molecule has 226 valence electrons. The Labute approximate surface area is 244 Å². The number of nitrogens with zero attached hydrogens (tertiary/aromatic N) is 4. The first kappa shape index (κ1) is 35.2. The number of amides is 2. The fourth-order valence-electron chi connectivity index (χ4n) is 3.65. The van der Waals surface area contributed by atoms with Gasteiger partial charge in [-0.05, 0) is 64.0 Å². The molecule has 0 aromatic carbocycles. The third-order valence-corrected chi connectivity index (χ3v) is 6.44. The largest absolute Gasteiger partial charge is 0.449 e. The van der Waals surface area contributed by atoms with E-state index in [-0.39, 0.29) is 29.0 Å². The molecule has 0 bridgehead atoms. The first-order valence-corrected chi connectivity index (χ1v) is 14.2. The lowest BCUT2D eigenvalue weighted by molar-refractivity contribution is -0.116. The monoisotopic (exact) mass is 568 g/mol. The van der Waals surface area contributed by atoms with Gasteiger partial charge < -0.3 is 24.9 Å². The van der Waals surface area contributed by atoms with Crippen molar-refractivity contribution in [1.29, 1.82) is 0 Å². The average Bonchev–Trinajstić information content (AvgIpc) is 3.32. The Morgan fingerprint density at radius 2 is 1.78 bits per heavy atom. The number of carbonyl (C=O) groups excluding carboxylic acids is 3. The highest BCUT2D eigenvalue weighted by atomic mass is 16.3. The number of hydrogen-bond donors (Lipinski definition) is 2. The standard InChI is InChI=1S/C16H19N3O4.C8H19N.C7H10N2/c1-4-5-6-13(21)18-15-12(9-20)23-11-8-7-10(17-14(11)15)16(22)19(2)3;1-5-7-8(3)9(4)6-2;1-6-3-4-7(8-2)9-5-6/h7-9H,4-6H2,1-3H3,(H,18,21);8H,5-7H2,1-4H3;3-5H,1-2H3,(H,8,9). The van der Waals surface area contributed by atoms with Gasteiger partial charge in [0.2, 0.25) is 5.91 Å². The normalized spacial score (nSPS) is 11.1. The summed E-state index contributed by atoms with van der Waals surface area (Å²) < 4.78 is 5.38. The molecule has 1 atom stereocenters. The summed E-state index contributed by atoms with van der Waals surface area (Å²) in [4.78, 5) is 47.2. The lowest BCUT2D eigenvalue weighted by atomic mass is 10.2. The molecule has 41 heavy (non-hydrogen) atoms. The van der Waals surface area contributed by atoms with Crippen molar-refractivity contribution in [2.24, 2.45) is 0 Å². The molecule has 2 N–H and O–H groups in total. The van der Waals surface area contributed by atoms with Crippen molar-refractivity contribution in [3.63, 3.8) is 0 Å². The van der Waals surface area contributed by atoms with Gasteiger partial charge in [-0.25, -0.2) is 9.97 Å². The maximum absolute atomic E-state index is 12.0. The van der Waals surface area contributed by atoms with E-state index in [1.807, 2.05) is 39.2 Å². The number of aldehydes is 1. The van der Waals surface area contributed by atoms with E-state index < -0.39 is 0 Å². The number of carbonyl (C=O) groups is 3. The highest BCUT2D eigenvalue weighted by Crippen LogP contribution is 2.29. The summed E-state index contributed by atoms with van der Waals surface area (Å²) in [7, 11) is 7.28. The molecule has 0 saturated heterocycles. The van der Waals surface area contributed by atoms with E-state index in [4.69, 9.17) is 4.42 Å². The van der Waals surface area contributed by atoms with Crippen LogP contribution in [0.5, 0.6) is 0 Å². The van der Waals surface area contributed by atoms with Gasteiger partial charge in [0.25, 0.3) is 5.91 Å². The molecular weight excluding hydrogens is 520 g/mol. The number of aryl methyl sites for hydroxylation is 1. The summed E-state index contributed by atoms with van der Waals surface area (Å²) in [5.74, 6) is 0.417. The number of nitrogens with one attached hydrogen (secondary N) is 2. The van der Waals surface area contributed by atoms with Crippen LogP contribution in [0, 0.1) is 6.92 Å². The minimum Gasteiger partial charge on any atom is -0.449 e. The maximum Gasteiger partial charge on any atom is 0.271 e. The molecule has 2 amide bonds. The zero-order chi connectivity index (χ0) is 30.9. The SMILES string of the molecule is CCCC(C)N(C)CC.CCCCC(=O)Nc1c(C=O)oc2ccc(C(=O)N(C)C)nc12.CNc1ccc(C)cn1. The van der Waals surface area contributed by atoms with Crippen LogP contribution in [-0.2, 0) is 4.79 Å². The summed E-state index contributed by atoms with van der Waals surface area (Å²) in [5, 5.41) is 5.61. The summed E-state index contributed by atoms with van der Waals surface area (Å²) in [6.45, 7) is 11.9. The summed E-state index contributed by atoms with van der Waals surface area (Å²) in [6.07, 6.45) is 6.96. The van der Waals surface area contributed by atoms with E-state index in [0.717, 1.165) is 24.7 Å². The Morgan fingerprint density at radius 1 is 1.07 bits per heavy atom. The van der Waals surface area contributed by atoms with Gasteiger partial charge in [0.1, 0.15) is 22.7 Å². The highest BCUT2D eigenvalue weighted by Gasteiger charge is 2.20. The van der Waals surface area contributed by atoms with E-state index in [1.165, 1.54) is 35.9 Å². The predicted molar refractivity (Wildman–Crippen MR) is 167 cm³/mol. The van der Waals surface area contributed by atoms with Crippen LogP contribution in [0.25, 0.3) is 11.1 Å². The minimum atomic E-state index is -0.274. The second-order valence-electron chi connectivity index (χ2n) is 10.0. The maximum atomic E-state index is 12.0. The molecule has 0 saturated carbocycles. The number of rotatable bonds is 11. The number of fused-ring (bicyclic) bond motifs is 1. The van der Waals surface area contributed by atoms with E-state index >= 15 is 0 Å². The summed E-state index contributed by atoms with van der Waals surface area (Å²) in [5.41, 5.74) is 2.25. The van der Waals surface area contributed by atoms with Gasteiger partial charge in [0.05, 0.1) is 0 Å². The van der Waals surface area contributed by atoms with Crippen molar-refractivity contribution < 1.29 is 18.8 Å². The van der Waals surface area contributed by atoms with Crippen molar-refractivity contribution in [2.45, 2.75) is 72.8 Å². The lowest BCUT2D eigenvalue weighted by Gasteiger charge is -2.21.